The summed E-state index contributed by atoms with van der Waals surface area (Å²) >= 11 is 0. The van der Waals surface area contributed by atoms with Gasteiger partial charge in [-0.05, 0) is 49.6 Å². The fourth-order valence-electron chi connectivity index (χ4n) is 3.03. The Morgan fingerprint density at radius 2 is 1.93 bits per heavy atom. The van der Waals surface area contributed by atoms with Crippen LogP contribution < -0.4 is 15.4 Å². The van der Waals surface area contributed by atoms with E-state index in [1.165, 1.54) is 11.1 Å². The van der Waals surface area contributed by atoms with Gasteiger partial charge in [-0.3, -0.25) is 4.99 Å². The second kappa shape index (κ2) is 12.2. The first-order valence-corrected chi connectivity index (χ1v) is 9.95. The van der Waals surface area contributed by atoms with Crippen LogP contribution in [-0.2, 0) is 13.0 Å². The molecule has 0 spiro atoms. The fourth-order valence-corrected chi connectivity index (χ4v) is 3.03. The zero-order valence-corrected chi connectivity index (χ0v) is 20.1. The highest BCUT2D eigenvalue weighted by Crippen LogP contribution is 2.20. The predicted octanol–water partition coefficient (Wildman–Crippen LogP) is 4.11. The molecule has 0 atom stereocenters. The van der Waals surface area contributed by atoms with Gasteiger partial charge in [-0.2, -0.15) is 5.10 Å². The van der Waals surface area contributed by atoms with Gasteiger partial charge in [-0.25, -0.2) is 4.68 Å². The van der Waals surface area contributed by atoms with E-state index in [9.17, 15) is 0 Å². The number of hydrogen-bond acceptors (Lipinski definition) is 3. The summed E-state index contributed by atoms with van der Waals surface area (Å²) in [4.78, 5) is 4.31. The monoisotopic (exact) mass is 519 g/mol. The quantitative estimate of drug-likeness (QED) is 0.267. The maximum atomic E-state index is 5.75. The first-order chi connectivity index (χ1) is 14.2. The maximum absolute atomic E-state index is 5.75. The zero-order chi connectivity index (χ0) is 20.5. The largest absolute Gasteiger partial charge is 0.494 e. The van der Waals surface area contributed by atoms with E-state index in [0.29, 0.717) is 13.2 Å². The van der Waals surface area contributed by atoms with Gasteiger partial charge in [-0.15, -0.1) is 24.0 Å². The lowest BCUT2D eigenvalue weighted by Crippen LogP contribution is -2.37. The number of benzene rings is 2. The van der Waals surface area contributed by atoms with Crippen molar-refractivity contribution in [3.8, 4) is 11.4 Å². The van der Waals surface area contributed by atoms with Crippen LogP contribution in [0.25, 0.3) is 5.69 Å². The van der Waals surface area contributed by atoms with Gasteiger partial charge in [0.25, 0.3) is 0 Å². The molecule has 0 fully saturated rings. The van der Waals surface area contributed by atoms with Crippen LogP contribution >= 0.6 is 24.0 Å². The first-order valence-electron chi connectivity index (χ1n) is 9.95. The molecule has 0 radical (unpaired) electrons. The summed E-state index contributed by atoms with van der Waals surface area (Å²) in [6.45, 7) is 6.15. The van der Waals surface area contributed by atoms with Crippen molar-refractivity contribution in [1.29, 1.82) is 0 Å². The van der Waals surface area contributed by atoms with Gasteiger partial charge in [0, 0.05) is 31.9 Å². The number of guanidine groups is 1. The third-order valence-corrected chi connectivity index (χ3v) is 4.56. The Bertz CT molecular complexity index is 940. The number of ether oxygens (including phenoxy) is 1. The summed E-state index contributed by atoms with van der Waals surface area (Å²) in [6.07, 6.45) is 4.83. The lowest BCUT2D eigenvalue weighted by molar-refractivity contribution is 0.336. The maximum Gasteiger partial charge on any atom is 0.191 e. The molecule has 30 heavy (non-hydrogen) atoms. The molecule has 160 valence electrons. The van der Waals surface area contributed by atoms with Crippen molar-refractivity contribution in [2.24, 2.45) is 4.99 Å². The SMILES string of the molecule is CCOc1cc(C)ccc1CNC(=NC)NCCc1cnn(-c2ccccc2)c1.I. The topological polar surface area (TPSA) is 63.5 Å². The summed E-state index contributed by atoms with van der Waals surface area (Å²) in [6, 6.07) is 16.4. The van der Waals surface area contributed by atoms with E-state index in [4.69, 9.17) is 4.74 Å². The number of para-hydroxylation sites is 1. The fraction of sp³-hybridized carbons (Fsp3) is 0.304. The average molecular weight is 519 g/mol. The molecule has 0 aliphatic rings. The van der Waals surface area contributed by atoms with Crippen LogP contribution in [-0.4, -0.2) is 35.9 Å². The Morgan fingerprint density at radius 1 is 1.13 bits per heavy atom. The van der Waals surface area contributed by atoms with E-state index in [2.05, 4.69) is 52.0 Å². The van der Waals surface area contributed by atoms with Crippen LogP contribution in [0.15, 0.2) is 65.9 Å². The first kappa shape index (κ1) is 23.7. The molecule has 0 saturated heterocycles. The van der Waals surface area contributed by atoms with Crippen molar-refractivity contribution in [2.45, 2.75) is 26.8 Å². The number of halogens is 1. The van der Waals surface area contributed by atoms with Crippen LogP contribution in [0.1, 0.15) is 23.6 Å². The van der Waals surface area contributed by atoms with E-state index in [-0.39, 0.29) is 24.0 Å². The Balaban J connectivity index is 0.00000320. The summed E-state index contributed by atoms with van der Waals surface area (Å²) in [5.41, 5.74) is 4.54. The molecule has 0 bridgehead atoms. The highest BCUT2D eigenvalue weighted by atomic mass is 127. The molecule has 0 aliphatic heterocycles. The number of nitrogens with zero attached hydrogens (tertiary/aromatic N) is 3. The number of aliphatic imine (C=N–C) groups is 1. The number of aryl methyl sites for hydroxylation is 1. The summed E-state index contributed by atoms with van der Waals surface area (Å²) in [5, 5.41) is 11.2. The van der Waals surface area contributed by atoms with Crippen molar-refractivity contribution in [1.82, 2.24) is 20.4 Å². The highest BCUT2D eigenvalue weighted by Gasteiger charge is 2.06. The van der Waals surface area contributed by atoms with Gasteiger partial charge in [0.1, 0.15) is 5.75 Å². The van der Waals surface area contributed by atoms with Crippen LogP contribution in [0.5, 0.6) is 5.75 Å². The Kier molecular flexibility index (Phi) is 9.66. The number of rotatable bonds is 8. The number of aromatic nitrogens is 2. The van der Waals surface area contributed by atoms with Crippen molar-refractivity contribution >= 4 is 29.9 Å². The summed E-state index contributed by atoms with van der Waals surface area (Å²) < 4.78 is 7.65. The van der Waals surface area contributed by atoms with E-state index in [1.54, 1.807) is 7.05 Å². The summed E-state index contributed by atoms with van der Waals surface area (Å²) in [5.74, 6) is 1.69. The van der Waals surface area contributed by atoms with E-state index < -0.39 is 0 Å². The predicted molar refractivity (Wildman–Crippen MR) is 133 cm³/mol. The van der Waals surface area contributed by atoms with Gasteiger partial charge in [0.15, 0.2) is 5.96 Å². The van der Waals surface area contributed by atoms with E-state index in [1.807, 2.05) is 48.1 Å². The molecule has 0 aliphatic carbocycles. The molecule has 0 saturated carbocycles. The van der Waals surface area contributed by atoms with Crippen molar-refractivity contribution < 1.29 is 4.74 Å². The lowest BCUT2D eigenvalue weighted by atomic mass is 10.1. The highest BCUT2D eigenvalue weighted by molar-refractivity contribution is 14.0. The molecule has 0 amide bonds. The number of nitrogens with one attached hydrogen (secondary N) is 2. The number of hydrogen-bond donors (Lipinski definition) is 2. The normalized spacial score (nSPS) is 11.0. The lowest BCUT2D eigenvalue weighted by Gasteiger charge is -2.14. The molecule has 3 rings (SSSR count). The van der Waals surface area contributed by atoms with Crippen LogP contribution in [0.2, 0.25) is 0 Å². The molecule has 1 aromatic heterocycles. The zero-order valence-electron chi connectivity index (χ0n) is 17.8. The second-order valence-corrected chi connectivity index (χ2v) is 6.78. The Morgan fingerprint density at radius 3 is 2.67 bits per heavy atom. The molecule has 6 nitrogen and oxygen atoms in total. The molecule has 0 unspecified atom stereocenters. The van der Waals surface area contributed by atoms with Gasteiger partial charge < -0.3 is 15.4 Å². The minimum atomic E-state index is 0. The van der Waals surface area contributed by atoms with Gasteiger partial charge in [-0.1, -0.05) is 30.3 Å². The third-order valence-electron chi connectivity index (χ3n) is 4.56. The Hall–Kier alpha value is -2.55. The Labute approximate surface area is 195 Å². The molecule has 7 heteroatoms. The smallest absolute Gasteiger partial charge is 0.191 e. The van der Waals surface area contributed by atoms with Crippen molar-refractivity contribution in [3.63, 3.8) is 0 Å². The summed E-state index contributed by atoms with van der Waals surface area (Å²) in [7, 11) is 1.78. The van der Waals surface area contributed by atoms with Gasteiger partial charge in [0.2, 0.25) is 0 Å². The van der Waals surface area contributed by atoms with E-state index >= 15 is 0 Å². The van der Waals surface area contributed by atoms with Crippen LogP contribution in [0.4, 0.5) is 0 Å². The standard InChI is InChI=1S/C23H29N5O.HI/c1-4-29-22-14-18(2)10-11-20(22)16-26-23(24-3)25-13-12-19-15-27-28(17-19)21-8-6-5-7-9-21;/h5-11,14-15,17H,4,12-13,16H2,1-3H3,(H2,24,25,26);1H. The van der Waals surface area contributed by atoms with Gasteiger partial charge in [0.05, 0.1) is 18.5 Å². The molecule has 2 aromatic carbocycles. The molecule has 1 heterocycles. The molecular formula is C23H30IN5O. The van der Waals surface area contributed by atoms with Crippen LogP contribution in [0.3, 0.4) is 0 Å². The van der Waals surface area contributed by atoms with Crippen molar-refractivity contribution in [2.75, 3.05) is 20.2 Å². The molecular weight excluding hydrogens is 489 g/mol. The second-order valence-electron chi connectivity index (χ2n) is 6.78. The third kappa shape index (κ3) is 6.76. The van der Waals surface area contributed by atoms with Crippen molar-refractivity contribution in [3.05, 3.63) is 77.6 Å². The minimum Gasteiger partial charge on any atom is -0.494 e. The minimum absolute atomic E-state index is 0. The molecule has 2 N–H and O–H groups in total. The van der Waals surface area contributed by atoms with Gasteiger partial charge >= 0.3 is 0 Å². The van der Waals surface area contributed by atoms with Crippen LogP contribution in [0, 0.1) is 6.92 Å². The average Bonchev–Trinajstić information content (AvgIpc) is 3.21. The van der Waals surface area contributed by atoms with E-state index in [0.717, 1.165) is 35.9 Å². The molecule has 3 aromatic rings.